The maximum atomic E-state index is 11.7. The summed E-state index contributed by atoms with van der Waals surface area (Å²) in [6.45, 7) is 2.13. The van der Waals surface area contributed by atoms with E-state index >= 15 is 0 Å². The zero-order valence-corrected chi connectivity index (χ0v) is 13.1. The number of esters is 1. The number of methoxy groups -OCH3 is 1. The minimum Gasteiger partial charge on any atom is -0.496 e. The number of benzene rings is 1. The van der Waals surface area contributed by atoms with Crippen molar-refractivity contribution in [2.45, 2.75) is 13.5 Å². The molecule has 0 saturated carbocycles. The maximum Gasteiger partial charge on any atom is 0.331 e. The molecular formula is C17H16ClNO3. The van der Waals surface area contributed by atoms with Crippen molar-refractivity contribution in [1.82, 2.24) is 4.98 Å². The fraction of sp³-hybridized carbons (Fsp3) is 0.176. The molecule has 0 saturated heterocycles. The summed E-state index contributed by atoms with van der Waals surface area (Å²) in [4.78, 5) is 15.7. The van der Waals surface area contributed by atoms with E-state index in [9.17, 15) is 4.79 Å². The number of halogens is 1. The highest BCUT2D eigenvalue weighted by atomic mass is 35.5. The lowest BCUT2D eigenvalue weighted by molar-refractivity contribution is -0.138. The van der Waals surface area contributed by atoms with Crippen LogP contribution in [-0.2, 0) is 16.1 Å². The van der Waals surface area contributed by atoms with Crippen molar-refractivity contribution in [3.8, 4) is 5.75 Å². The molecule has 0 radical (unpaired) electrons. The van der Waals surface area contributed by atoms with Gasteiger partial charge < -0.3 is 9.47 Å². The number of carbonyl (C=O) groups excluding carboxylic acids is 1. The van der Waals surface area contributed by atoms with E-state index in [4.69, 9.17) is 21.1 Å². The topological polar surface area (TPSA) is 48.4 Å². The van der Waals surface area contributed by atoms with Crippen LogP contribution in [0.5, 0.6) is 5.75 Å². The zero-order valence-electron chi connectivity index (χ0n) is 12.4. The summed E-state index contributed by atoms with van der Waals surface area (Å²) in [6, 6.07) is 9.15. The zero-order chi connectivity index (χ0) is 15.9. The Labute approximate surface area is 134 Å². The molecule has 22 heavy (non-hydrogen) atoms. The highest BCUT2D eigenvalue weighted by molar-refractivity contribution is 6.29. The third-order valence-electron chi connectivity index (χ3n) is 2.95. The van der Waals surface area contributed by atoms with Crippen LogP contribution in [0.2, 0.25) is 5.15 Å². The van der Waals surface area contributed by atoms with E-state index in [0.29, 0.717) is 10.9 Å². The van der Waals surface area contributed by atoms with Crippen molar-refractivity contribution in [3.05, 3.63) is 64.4 Å². The Bertz CT molecular complexity index is 681. The van der Waals surface area contributed by atoms with Crippen molar-refractivity contribution in [2.24, 2.45) is 0 Å². The van der Waals surface area contributed by atoms with E-state index in [2.05, 4.69) is 4.98 Å². The highest BCUT2D eigenvalue weighted by Crippen LogP contribution is 2.21. The molecule has 1 heterocycles. The predicted octanol–water partition coefficient (Wildman–Crippen LogP) is 3.81. The third-order valence-corrected chi connectivity index (χ3v) is 3.18. The number of rotatable bonds is 5. The van der Waals surface area contributed by atoms with Gasteiger partial charge in [0.1, 0.15) is 17.5 Å². The summed E-state index contributed by atoms with van der Waals surface area (Å²) >= 11 is 5.69. The van der Waals surface area contributed by atoms with E-state index in [1.165, 1.54) is 6.08 Å². The average molecular weight is 318 g/mol. The van der Waals surface area contributed by atoms with Crippen LogP contribution in [0.4, 0.5) is 0 Å². The smallest absolute Gasteiger partial charge is 0.331 e. The van der Waals surface area contributed by atoms with Crippen molar-refractivity contribution in [3.63, 3.8) is 0 Å². The largest absolute Gasteiger partial charge is 0.496 e. The number of aryl methyl sites for hydroxylation is 1. The minimum atomic E-state index is -0.432. The number of ether oxygens (including phenoxy) is 2. The van der Waals surface area contributed by atoms with Crippen molar-refractivity contribution >= 4 is 23.6 Å². The molecule has 0 unspecified atom stereocenters. The molecule has 0 aliphatic rings. The van der Waals surface area contributed by atoms with Gasteiger partial charge in [0.25, 0.3) is 0 Å². The first-order valence-corrected chi connectivity index (χ1v) is 7.06. The number of pyridine rings is 1. The Hall–Kier alpha value is -2.33. The van der Waals surface area contributed by atoms with Crippen LogP contribution < -0.4 is 4.74 Å². The maximum absolute atomic E-state index is 11.7. The second-order valence-corrected chi connectivity index (χ2v) is 5.06. The summed E-state index contributed by atoms with van der Waals surface area (Å²) in [5.41, 5.74) is 2.69. The molecule has 0 aliphatic carbocycles. The molecule has 4 nitrogen and oxygen atoms in total. The molecule has 0 amide bonds. The molecular weight excluding hydrogens is 302 g/mol. The summed E-state index contributed by atoms with van der Waals surface area (Å²) in [6.07, 6.45) is 4.62. The Morgan fingerprint density at radius 1 is 1.32 bits per heavy atom. The fourth-order valence-electron chi connectivity index (χ4n) is 1.84. The summed E-state index contributed by atoms with van der Waals surface area (Å²) in [5, 5.41) is 0.404. The van der Waals surface area contributed by atoms with Gasteiger partial charge in [-0.25, -0.2) is 9.78 Å². The van der Waals surface area contributed by atoms with E-state index in [1.807, 2.05) is 25.1 Å². The van der Waals surface area contributed by atoms with Crippen LogP contribution in [0, 0.1) is 6.92 Å². The number of hydrogen-bond donors (Lipinski definition) is 0. The summed E-state index contributed by atoms with van der Waals surface area (Å²) in [5.74, 6) is 0.273. The van der Waals surface area contributed by atoms with Crippen molar-refractivity contribution < 1.29 is 14.3 Å². The molecule has 2 aromatic rings. The Kier molecular flexibility index (Phi) is 5.55. The van der Waals surface area contributed by atoms with Gasteiger partial charge in [0.2, 0.25) is 0 Å². The molecule has 0 aliphatic heterocycles. The number of carbonyl (C=O) groups is 1. The molecule has 0 N–H and O–H groups in total. The third kappa shape index (κ3) is 4.60. The molecule has 0 spiro atoms. The lowest BCUT2D eigenvalue weighted by Gasteiger charge is -2.05. The van der Waals surface area contributed by atoms with Crippen molar-refractivity contribution in [2.75, 3.05) is 7.11 Å². The minimum absolute atomic E-state index is 0.151. The van der Waals surface area contributed by atoms with Gasteiger partial charge in [-0.05, 0) is 31.2 Å². The summed E-state index contributed by atoms with van der Waals surface area (Å²) < 4.78 is 10.4. The first-order chi connectivity index (χ1) is 10.6. The molecule has 0 atom stereocenters. The first-order valence-electron chi connectivity index (χ1n) is 6.68. The Morgan fingerprint density at radius 2 is 2.14 bits per heavy atom. The standard InChI is InChI=1S/C17H16ClNO3/c1-12-3-6-15(21-2)14(9-12)5-8-17(20)22-11-13-4-7-16(18)19-10-13/h3-10H,11H2,1-2H3/b8-5+. The predicted molar refractivity (Wildman–Crippen MR) is 85.8 cm³/mol. The monoisotopic (exact) mass is 317 g/mol. The van der Waals surface area contributed by atoms with Gasteiger partial charge in [-0.3, -0.25) is 0 Å². The highest BCUT2D eigenvalue weighted by Gasteiger charge is 2.03. The van der Waals surface area contributed by atoms with Gasteiger partial charge in [0.05, 0.1) is 7.11 Å². The van der Waals surface area contributed by atoms with Gasteiger partial charge in [0.15, 0.2) is 0 Å². The average Bonchev–Trinajstić information content (AvgIpc) is 2.52. The van der Waals surface area contributed by atoms with E-state index in [-0.39, 0.29) is 6.61 Å². The quantitative estimate of drug-likeness (QED) is 0.478. The van der Waals surface area contributed by atoms with Crippen LogP contribution in [0.15, 0.2) is 42.6 Å². The molecule has 5 heteroatoms. The molecule has 2 rings (SSSR count). The van der Waals surface area contributed by atoms with Crippen molar-refractivity contribution in [1.29, 1.82) is 0 Å². The second-order valence-electron chi connectivity index (χ2n) is 4.68. The number of nitrogens with zero attached hydrogens (tertiary/aromatic N) is 1. The van der Waals surface area contributed by atoms with Crippen LogP contribution in [0.25, 0.3) is 6.08 Å². The fourth-order valence-corrected chi connectivity index (χ4v) is 1.95. The van der Waals surface area contributed by atoms with Crippen LogP contribution in [0.3, 0.4) is 0 Å². The van der Waals surface area contributed by atoms with E-state index in [0.717, 1.165) is 16.7 Å². The Balaban J connectivity index is 1.96. The molecule has 1 aromatic carbocycles. The number of aromatic nitrogens is 1. The van der Waals surface area contributed by atoms with Crippen LogP contribution >= 0.6 is 11.6 Å². The summed E-state index contributed by atoms with van der Waals surface area (Å²) in [7, 11) is 1.59. The van der Waals surface area contributed by atoms with Gasteiger partial charge >= 0.3 is 5.97 Å². The molecule has 114 valence electrons. The normalized spacial score (nSPS) is 10.7. The van der Waals surface area contributed by atoms with Gasteiger partial charge in [-0.1, -0.05) is 29.3 Å². The SMILES string of the molecule is COc1ccc(C)cc1/C=C/C(=O)OCc1ccc(Cl)nc1. The molecule has 0 bridgehead atoms. The van der Waals surface area contributed by atoms with Gasteiger partial charge in [-0.2, -0.15) is 0 Å². The molecule has 1 aromatic heterocycles. The van der Waals surface area contributed by atoms with Crippen LogP contribution in [0.1, 0.15) is 16.7 Å². The van der Waals surface area contributed by atoms with E-state index in [1.54, 1.807) is 31.5 Å². The van der Waals surface area contributed by atoms with Crippen LogP contribution in [-0.4, -0.2) is 18.1 Å². The van der Waals surface area contributed by atoms with Gasteiger partial charge in [-0.15, -0.1) is 0 Å². The van der Waals surface area contributed by atoms with E-state index < -0.39 is 5.97 Å². The first kappa shape index (κ1) is 16.0. The Morgan fingerprint density at radius 3 is 2.82 bits per heavy atom. The lowest BCUT2D eigenvalue weighted by Crippen LogP contribution is -2.01. The lowest BCUT2D eigenvalue weighted by atomic mass is 10.1. The molecule has 0 fully saturated rings. The van der Waals surface area contributed by atoms with Gasteiger partial charge in [0, 0.05) is 23.4 Å². The number of hydrogen-bond acceptors (Lipinski definition) is 4. The second kappa shape index (κ2) is 7.61.